The average Bonchev–Trinajstić information content (AvgIpc) is 2.56. The highest BCUT2D eigenvalue weighted by atomic mass is 35.5. The van der Waals surface area contributed by atoms with Crippen LogP contribution in [0, 0.1) is 0 Å². The second-order valence-electron chi connectivity index (χ2n) is 6.38. The number of benzene rings is 1. The first-order valence-corrected chi connectivity index (χ1v) is 10.5. The highest BCUT2D eigenvalue weighted by Gasteiger charge is 2.25. The lowest BCUT2D eigenvalue weighted by Crippen LogP contribution is -3.11. The van der Waals surface area contributed by atoms with Gasteiger partial charge in [0, 0.05) is 32.9 Å². The molecule has 1 unspecified atom stereocenters. The summed E-state index contributed by atoms with van der Waals surface area (Å²) in [4.78, 5) is 26.0. The molecule has 152 valence electrons. The third-order valence-electron chi connectivity index (χ3n) is 3.95. The minimum atomic E-state index is -3.74. The maximum atomic E-state index is 12.7. The Labute approximate surface area is 166 Å². The molecule has 0 radical (unpaired) electrons. The van der Waals surface area contributed by atoms with Gasteiger partial charge in [-0.05, 0) is 18.2 Å². The van der Waals surface area contributed by atoms with Gasteiger partial charge in [-0.2, -0.15) is 4.31 Å². The van der Waals surface area contributed by atoms with Crippen molar-refractivity contribution in [3.63, 3.8) is 0 Å². The molecular formula is C17H28ClN4O4S+. The SMILES string of the molecule is CCN(CC)S(=O)(=O)c1cc(NC(=O)C[NH+](C)CC(=O)N(C)C)ccc1Cl. The van der Waals surface area contributed by atoms with Crippen LogP contribution < -0.4 is 10.2 Å². The highest BCUT2D eigenvalue weighted by molar-refractivity contribution is 7.89. The van der Waals surface area contributed by atoms with E-state index < -0.39 is 10.0 Å². The van der Waals surface area contributed by atoms with Crippen LogP contribution in [0.15, 0.2) is 23.1 Å². The molecular weight excluding hydrogens is 392 g/mol. The molecule has 0 spiro atoms. The van der Waals surface area contributed by atoms with Crippen molar-refractivity contribution in [1.82, 2.24) is 9.21 Å². The summed E-state index contributed by atoms with van der Waals surface area (Å²) in [5.74, 6) is -0.410. The van der Waals surface area contributed by atoms with Crippen molar-refractivity contribution in [3.05, 3.63) is 23.2 Å². The number of rotatable bonds is 9. The van der Waals surface area contributed by atoms with Gasteiger partial charge in [0.2, 0.25) is 10.0 Å². The molecule has 10 heteroatoms. The van der Waals surface area contributed by atoms with Gasteiger partial charge in [-0.3, -0.25) is 9.59 Å². The van der Waals surface area contributed by atoms with Gasteiger partial charge in [0.1, 0.15) is 4.90 Å². The second kappa shape index (κ2) is 10.0. The normalized spacial score (nSPS) is 12.7. The highest BCUT2D eigenvalue weighted by Crippen LogP contribution is 2.27. The number of likely N-dealkylation sites (N-methyl/N-ethyl adjacent to an activating group) is 2. The van der Waals surface area contributed by atoms with E-state index in [4.69, 9.17) is 11.6 Å². The summed E-state index contributed by atoms with van der Waals surface area (Å²) in [5, 5.41) is 2.76. The number of anilines is 1. The van der Waals surface area contributed by atoms with Crippen LogP contribution in [0.2, 0.25) is 5.02 Å². The van der Waals surface area contributed by atoms with Crippen molar-refractivity contribution < 1.29 is 22.9 Å². The molecule has 1 atom stereocenters. The van der Waals surface area contributed by atoms with Crippen LogP contribution in [0.3, 0.4) is 0 Å². The lowest BCUT2D eigenvalue weighted by Gasteiger charge is -2.20. The zero-order chi connectivity index (χ0) is 20.8. The Bertz CT molecular complexity index is 779. The summed E-state index contributed by atoms with van der Waals surface area (Å²) in [6.07, 6.45) is 0. The maximum Gasteiger partial charge on any atom is 0.279 e. The van der Waals surface area contributed by atoms with Crippen LogP contribution in [0.1, 0.15) is 13.8 Å². The summed E-state index contributed by atoms with van der Waals surface area (Å²) in [6, 6.07) is 4.34. The molecule has 0 aliphatic carbocycles. The molecule has 8 nitrogen and oxygen atoms in total. The van der Waals surface area contributed by atoms with Gasteiger partial charge in [0.15, 0.2) is 13.1 Å². The van der Waals surface area contributed by atoms with Crippen LogP contribution in [0.5, 0.6) is 0 Å². The molecule has 2 amide bonds. The van der Waals surface area contributed by atoms with Crippen molar-refractivity contribution in [2.45, 2.75) is 18.7 Å². The Hall–Kier alpha value is -1.68. The molecule has 0 saturated heterocycles. The molecule has 1 aromatic carbocycles. The third kappa shape index (κ3) is 6.46. The molecule has 2 N–H and O–H groups in total. The summed E-state index contributed by atoms with van der Waals surface area (Å²) in [6.45, 7) is 4.38. The zero-order valence-electron chi connectivity index (χ0n) is 16.4. The Morgan fingerprint density at radius 1 is 1.15 bits per heavy atom. The number of carbonyl (C=O) groups excluding carboxylic acids is 2. The summed E-state index contributed by atoms with van der Waals surface area (Å²) in [5.41, 5.74) is 0.335. The number of sulfonamides is 1. The van der Waals surface area contributed by atoms with Crippen molar-refractivity contribution in [1.29, 1.82) is 0 Å². The van der Waals surface area contributed by atoms with E-state index in [2.05, 4.69) is 5.32 Å². The first kappa shape index (κ1) is 23.4. The molecule has 0 heterocycles. The number of quaternary nitrogens is 1. The second-order valence-corrected chi connectivity index (χ2v) is 8.70. The quantitative estimate of drug-likeness (QED) is 0.585. The summed E-state index contributed by atoms with van der Waals surface area (Å²) < 4.78 is 26.7. The first-order valence-electron chi connectivity index (χ1n) is 8.63. The van der Waals surface area contributed by atoms with Gasteiger partial charge in [0.25, 0.3) is 11.8 Å². The van der Waals surface area contributed by atoms with Gasteiger partial charge in [-0.1, -0.05) is 25.4 Å². The van der Waals surface area contributed by atoms with Crippen LogP contribution in [0.25, 0.3) is 0 Å². The van der Waals surface area contributed by atoms with Crippen molar-refractivity contribution in [3.8, 4) is 0 Å². The van der Waals surface area contributed by atoms with Gasteiger partial charge in [-0.15, -0.1) is 0 Å². The molecule has 0 aromatic heterocycles. The topological polar surface area (TPSA) is 91.2 Å². The lowest BCUT2D eigenvalue weighted by molar-refractivity contribution is -0.862. The molecule has 0 aliphatic heterocycles. The van der Waals surface area contributed by atoms with E-state index >= 15 is 0 Å². The fraction of sp³-hybridized carbons (Fsp3) is 0.529. The zero-order valence-corrected chi connectivity index (χ0v) is 17.9. The Morgan fingerprint density at radius 2 is 1.74 bits per heavy atom. The van der Waals surface area contributed by atoms with E-state index in [0.29, 0.717) is 18.8 Å². The fourth-order valence-corrected chi connectivity index (χ4v) is 4.40. The molecule has 0 aliphatic rings. The molecule has 0 saturated carbocycles. The van der Waals surface area contributed by atoms with E-state index in [0.717, 1.165) is 4.90 Å². The average molecular weight is 420 g/mol. The lowest BCUT2D eigenvalue weighted by atomic mass is 10.3. The summed E-state index contributed by atoms with van der Waals surface area (Å²) >= 11 is 6.08. The molecule has 1 aromatic rings. The Balaban J connectivity index is 2.91. The predicted octanol–water partition coefficient (Wildman–Crippen LogP) is -0.0881. The molecule has 0 bridgehead atoms. The standard InChI is InChI=1S/C17H27ClN4O4S/c1-6-22(7-2)27(25,26)15-10-13(8-9-14(15)18)19-16(23)11-21(5)12-17(24)20(3)4/h8-10H,6-7,11-12H2,1-5H3,(H,19,23)/p+1. The minimum Gasteiger partial charge on any atom is -0.344 e. The first-order chi connectivity index (χ1) is 12.5. The minimum absolute atomic E-state index is 0.0471. The van der Waals surface area contributed by atoms with Gasteiger partial charge < -0.3 is 15.1 Å². The smallest absolute Gasteiger partial charge is 0.279 e. The van der Waals surface area contributed by atoms with Crippen molar-refractivity contribution in [2.75, 3.05) is 52.6 Å². The Kier molecular flexibility index (Phi) is 8.67. The number of nitrogens with zero attached hydrogens (tertiary/aromatic N) is 2. The number of halogens is 1. The number of amides is 2. The monoisotopic (exact) mass is 419 g/mol. The van der Waals surface area contributed by atoms with Crippen molar-refractivity contribution in [2.24, 2.45) is 0 Å². The summed E-state index contributed by atoms with van der Waals surface area (Å²) in [7, 11) is 1.30. The van der Waals surface area contributed by atoms with Crippen LogP contribution >= 0.6 is 11.6 Å². The van der Waals surface area contributed by atoms with Crippen molar-refractivity contribution >= 4 is 39.1 Å². The number of hydrogen-bond acceptors (Lipinski definition) is 4. The predicted molar refractivity (Wildman–Crippen MR) is 106 cm³/mol. The molecule has 0 fully saturated rings. The largest absolute Gasteiger partial charge is 0.344 e. The van der Waals surface area contributed by atoms with E-state index in [9.17, 15) is 18.0 Å². The number of carbonyl (C=O) groups is 2. The van der Waals surface area contributed by atoms with Crippen LogP contribution in [0.4, 0.5) is 5.69 Å². The maximum absolute atomic E-state index is 12.7. The fourth-order valence-electron chi connectivity index (χ4n) is 2.44. The van der Waals surface area contributed by atoms with E-state index in [1.807, 2.05) is 0 Å². The van der Waals surface area contributed by atoms with E-state index in [1.54, 1.807) is 41.1 Å². The van der Waals surface area contributed by atoms with E-state index in [1.165, 1.54) is 21.3 Å². The van der Waals surface area contributed by atoms with E-state index in [-0.39, 0.29) is 34.8 Å². The van der Waals surface area contributed by atoms with Crippen LogP contribution in [-0.4, -0.2) is 76.8 Å². The molecule has 27 heavy (non-hydrogen) atoms. The van der Waals surface area contributed by atoms with Gasteiger partial charge >= 0.3 is 0 Å². The number of nitrogens with one attached hydrogen (secondary N) is 2. The van der Waals surface area contributed by atoms with Gasteiger partial charge in [0.05, 0.1) is 12.1 Å². The van der Waals surface area contributed by atoms with Gasteiger partial charge in [-0.25, -0.2) is 8.42 Å². The Morgan fingerprint density at radius 3 is 2.26 bits per heavy atom. The van der Waals surface area contributed by atoms with Crippen LogP contribution in [-0.2, 0) is 19.6 Å². The molecule has 1 rings (SSSR count). The third-order valence-corrected chi connectivity index (χ3v) is 6.48. The number of hydrogen-bond donors (Lipinski definition) is 2.